The van der Waals surface area contributed by atoms with Gasteiger partial charge in [0.2, 0.25) is 0 Å². The second kappa shape index (κ2) is 13.0. The van der Waals surface area contributed by atoms with Crippen LogP contribution in [0.5, 0.6) is 0 Å². The molecule has 10 aromatic rings. The molecule has 0 atom stereocenters. The Hall–Kier alpha value is -7.42. The fourth-order valence-corrected chi connectivity index (χ4v) is 10.7. The van der Waals surface area contributed by atoms with E-state index in [1.165, 1.54) is 66.8 Å². The molecule has 0 saturated carbocycles. The molecule has 0 amide bonds. The lowest BCUT2D eigenvalue weighted by Gasteiger charge is -2.46. The van der Waals surface area contributed by atoms with Gasteiger partial charge in [0.25, 0.3) is 0 Å². The van der Waals surface area contributed by atoms with Crippen molar-refractivity contribution in [2.24, 2.45) is 0 Å². The molecule has 0 N–H and O–H groups in total. The molecule has 284 valence electrons. The molecule has 0 bridgehead atoms. The van der Waals surface area contributed by atoms with E-state index in [-0.39, 0.29) is 5.41 Å². The van der Waals surface area contributed by atoms with Crippen LogP contribution >= 0.6 is 0 Å². The molecule has 0 radical (unpaired) electrons. The van der Waals surface area contributed by atoms with E-state index >= 15 is 0 Å². The summed E-state index contributed by atoms with van der Waals surface area (Å²) in [5.41, 5.74) is 20.0. The number of rotatable bonds is 5. The van der Waals surface area contributed by atoms with Crippen molar-refractivity contribution in [3.05, 3.63) is 246 Å². The third-order valence-corrected chi connectivity index (χ3v) is 13.3. The molecular weight excluding hydrogens is 727 g/mol. The summed E-state index contributed by atoms with van der Waals surface area (Å²) >= 11 is 0. The highest BCUT2D eigenvalue weighted by Gasteiger charge is 2.53. The Morgan fingerprint density at radius 2 is 0.883 bits per heavy atom. The molecule has 12 rings (SSSR count). The number of hydrogen-bond acceptors (Lipinski definition) is 2. The first-order valence-electron chi connectivity index (χ1n) is 20.9. The van der Waals surface area contributed by atoms with Crippen molar-refractivity contribution >= 4 is 39.0 Å². The first-order valence-corrected chi connectivity index (χ1v) is 20.9. The van der Waals surface area contributed by atoms with E-state index in [9.17, 15) is 0 Å². The van der Waals surface area contributed by atoms with Crippen molar-refractivity contribution < 1.29 is 4.42 Å². The van der Waals surface area contributed by atoms with Gasteiger partial charge in [-0.05, 0) is 115 Å². The molecule has 0 unspecified atom stereocenters. The monoisotopic (exact) mass is 767 g/mol. The zero-order valence-electron chi connectivity index (χ0n) is 33.6. The van der Waals surface area contributed by atoms with Gasteiger partial charge in [-0.15, -0.1) is 0 Å². The standard InChI is InChI=1S/C58H41NO/c1-57(2)49-24-9-11-26-51(49)58(52-27-12-10-25-50(52)57)48-23-8-6-21-46(48)56-44(22-15-28-53(56)58)40-18-14-19-42(36-40)59(41-32-30-39(31-33-41)38-16-4-3-5-17-38)43-34-35-55-47(37-43)45-20-7-13-29-54(45)60-55/h3-37H,1-2H3. The van der Waals surface area contributed by atoms with Crippen LogP contribution in [-0.4, -0.2) is 0 Å². The Kier molecular flexibility index (Phi) is 7.52. The van der Waals surface area contributed by atoms with Gasteiger partial charge >= 0.3 is 0 Å². The summed E-state index contributed by atoms with van der Waals surface area (Å²) in [6.45, 7) is 4.77. The van der Waals surface area contributed by atoms with E-state index in [1.807, 2.05) is 12.1 Å². The molecule has 0 saturated heterocycles. The minimum atomic E-state index is -0.447. The van der Waals surface area contributed by atoms with Gasteiger partial charge in [0.1, 0.15) is 11.2 Å². The van der Waals surface area contributed by atoms with Crippen LogP contribution in [0.2, 0.25) is 0 Å². The highest BCUT2D eigenvalue weighted by Crippen LogP contribution is 2.63. The van der Waals surface area contributed by atoms with Gasteiger partial charge in [-0.1, -0.05) is 178 Å². The zero-order chi connectivity index (χ0) is 40.0. The van der Waals surface area contributed by atoms with Gasteiger partial charge in [0, 0.05) is 33.2 Å². The molecule has 2 heteroatoms. The van der Waals surface area contributed by atoms with E-state index in [2.05, 4.69) is 219 Å². The Morgan fingerprint density at radius 3 is 1.65 bits per heavy atom. The number of anilines is 3. The molecular formula is C58H41NO. The third-order valence-electron chi connectivity index (χ3n) is 13.3. The molecule has 2 aliphatic carbocycles. The van der Waals surface area contributed by atoms with E-state index in [1.54, 1.807) is 0 Å². The summed E-state index contributed by atoms with van der Waals surface area (Å²) in [4.78, 5) is 2.38. The highest BCUT2D eigenvalue weighted by molar-refractivity contribution is 6.06. The first-order chi connectivity index (χ1) is 29.5. The van der Waals surface area contributed by atoms with Crippen LogP contribution in [-0.2, 0) is 10.8 Å². The van der Waals surface area contributed by atoms with Crippen molar-refractivity contribution in [2.45, 2.75) is 24.7 Å². The predicted octanol–water partition coefficient (Wildman–Crippen LogP) is 15.4. The lowest BCUT2D eigenvalue weighted by Crippen LogP contribution is -2.40. The average Bonchev–Trinajstić information content (AvgIpc) is 3.83. The fraction of sp³-hybridized carbons (Fsp3) is 0.0690. The smallest absolute Gasteiger partial charge is 0.135 e. The van der Waals surface area contributed by atoms with Crippen molar-refractivity contribution in [1.82, 2.24) is 0 Å². The van der Waals surface area contributed by atoms with Crippen molar-refractivity contribution in [1.29, 1.82) is 0 Å². The molecule has 1 aromatic heterocycles. The van der Waals surface area contributed by atoms with Crippen molar-refractivity contribution in [3.63, 3.8) is 0 Å². The van der Waals surface area contributed by atoms with E-state index in [0.717, 1.165) is 39.0 Å². The highest BCUT2D eigenvalue weighted by atomic mass is 16.3. The van der Waals surface area contributed by atoms with Crippen molar-refractivity contribution in [3.8, 4) is 33.4 Å². The first kappa shape index (κ1) is 34.6. The van der Waals surface area contributed by atoms with Crippen LogP contribution in [0.1, 0.15) is 47.2 Å². The van der Waals surface area contributed by atoms with Gasteiger partial charge in [-0.3, -0.25) is 0 Å². The van der Waals surface area contributed by atoms with Gasteiger partial charge in [-0.25, -0.2) is 0 Å². The Morgan fingerprint density at radius 1 is 0.350 bits per heavy atom. The van der Waals surface area contributed by atoms with Crippen LogP contribution in [0.4, 0.5) is 17.1 Å². The SMILES string of the molecule is CC1(C)c2ccccc2C2(c3ccccc3-c3c(-c4cccc(N(c5ccc(-c6ccccc6)cc5)c5ccc6oc7ccccc7c6c5)c4)cccc32)c2ccccc21. The number of benzene rings is 9. The summed E-state index contributed by atoms with van der Waals surface area (Å²) in [5.74, 6) is 0. The summed E-state index contributed by atoms with van der Waals surface area (Å²) in [5, 5.41) is 2.22. The van der Waals surface area contributed by atoms with E-state index < -0.39 is 5.41 Å². The molecule has 60 heavy (non-hydrogen) atoms. The molecule has 0 aliphatic heterocycles. The quantitative estimate of drug-likeness (QED) is 0.173. The topological polar surface area (TPSA) is 16.4 Å². The Labute approximate surface area is 350 Å². The molecule has 0 fully saturated rings. The Bertz CT molecular complexity index is 3250. The maximum Gasteiger partial charge on any atom is 0.135 e. The maximum atomic E-state index is 6.30. The van der Waals surface area contributed by atoms with Gasteiger partial charge in [0.05, 0.1) is 5.41 Å². The van der Waals surface area contributed by atoms with E-state index in [4.69, 9.17) is 4.42 Å². The molecule has 1 spiro atoms. The second-order valence-electron chi connectivity index (χ2n) is 16.8. The van der Waals surface area contributed by atoms with Gasteiger partial charge < -0.3 is 9.32 Å². The van der Waals surface area contributed by atoms with Crippen LogP contribution in [0.3, 0.4) is 0 Å². The summed E-state index contributed by atoms with van der Waals surface area (Å²) in [6, 6.07) is 78.0. The number of nitrogens with zero attached hydrogens (tertiary/aromatic N) is 1. The van der Waals surface area contributed by atoms with Crippen LogP contribution < -0.4 is 4.90 Å². The number of furan rings is 1. The van der Waals surface area contributed by atoms with Gasteiger partial charge in [-0.2, -0.15) is 0 Å². The lowest BCUT2D eigenvalue weighted by molar-refractivity contribution is 0.563. The minimum absolute atomic E-state index is 0.142. The number of para-hydroxylation sites is 1. The van der Waals surface area contributed by atoms with E-state index in [0.29, 0.717) is 0 Å². The Balaban J connectivity index is 1.07. The largest absolute Gasteiger partial charge is 0.456 e. The minimum Gasteiger partial charge on any atom is -0.456 e. The number of fused-ring (bicyclic) bond motifs is 12. The van der Waals surface area contributed by atoms with Crippen LogP contribution in [0, 0.1) is 0 Å². The second-order valence-corrected chi connectivity index (χ2v) is 16.8. The van der Waals surface area contributed by atoms with Crippen LogP contribution in [0.25, 0.3) is 55.3 Å². The normalized spacial score (nSPS) is 14.1. The molecule has 1 heterocycles. The lowest BCUT2D eigenvalue weighted by atomic mass is 9.55. The van der Waals surface area contributed by atoms with Crippen LogP contribution in [0.15, 0.2) is 217 Å². The summed E-state index contributed by atoms with van der Waals surface area (Å²) < 4.78 is 6.30. The average molecular weight is 768 g/mol. The number of hydrogen-bond donors (Lipinski definition) is 0. The summed E-state index contributed by atoms with van der Waals surface area (Å²) in [7, 11) is 0. The molecule has 2 aliphatic rings. The zero-order valence-corrected chi connectivity index (χ0v) is 33.6. The fourth-order valence-electron chi connectivity index (χ4n) is 10.7. The predicted molar refractivity (Wildman–Crippen MR) is 249 cm³/mol. The maximum absolute atomic E-state index is 6.30. The van der Waals surface area contributed by atoms with Gasteiger partial charge in [0.15, 0.2) is 0 Å². The van der Waals surface area contributed by atoms with Crippen molar-refractivity contribution in [2.75, 3.05) is 4.90 Å². The molecule has 2 nitrogen and oxygen atoms in total. The molecule has 9 aromatic carbocycles. The third kappa shape index (κ3) is 4.88. The summed E-state index contributed by atoms with van der Waals surface area (Å²) in [6.07, 6.45) is 0.